The molecule has 0 aliphatic carbocycles. The van der Waals surface area contributed by atoms with Gasteiger partial charge in [-0.1, -0.05) is 129 Å². The minimum atomic E-state index is -1.38. The Hall–Kier alpha value is -9.08. The van der Waals surface area contributed by atoms with Crippen molar-refractivity contribution in [3.63, 3.8) is 0 Å². The zero-order valence-corrected chi connectivity index (χ0v) is 68.3. The Morgan fingerprint density at radius 3 is 0.706 bits per heavy atom. The molecular formula is C74H140N22O13. The highest BCUT2D eigenvalue weighted by molar-refractivity contribution is 5.99. The Kier molecular flexibility index (Phi) is 50.0. The fourth-order valence-corrected chi connectivity index (χ4v) is 11.6. The number of hydrogen-bond acceptors (Lipinski definition) is 16. The van der Waals surface area contributed by atoms with Crippen molar-refractivity contribution in [3.05, 3.63) is 0 Å². The lowest BCUT2D eigenvalue weighted by molar-refractivity contribution is -0.136. The minimum Gasteiger partial charge on any atom is -0.370 e. The second-order valence-electron chi connectivity index (χ2n) is 30.9. The van der Waals surface area contributed by atoms with Crippen LogP contribution in [0.25, 0.3) is 0 Å². The summed E-state index contributed by atoms with van der Waals surface area (Å²) in [7, 11) is 1.44. The Labute approximate surface area is 646 Å². The third kappa shape index (κ3) is 45.5. The van der Waals surface area contributed by atoms with Crippen molar-refractivity contribution in [2.75, 3.05) is 26.7 Å². The Morgan fingerprint density at radius 1 is 0.257 bits per heavy atom. The number of likely N-dealkylation sites (N-methyl/N-ethyl adjacent to an activating group) is 1. The molecule has 25 N–H and O–H groups in total. The van der Waals surface area contributed by atoms with Gasteiger partial charge in [-0.2, -0.15) is 0 Å². The number of aliphatic imine (C=N–C) groups is 3. The van der Waals surface area contributed by atoms with Crippen molar-refractivity contribution in [3.8, 4) is 0 Å². The fourth-order valence-electron chi connectivity index (χ4n) is 11.6. The lowest BCUT2D eigenvalue weighted by Crippen LogP contribution is -2.60. The summed E-state index contributed by atoms with van der Waals surface area (Å²) in [6.45, 7) is 28.6. The fraction of sp³-hybridized carbons (Fsp3) is 0.784. The molecule has 0 aromatic rings. The molecule has 0 bridgehead atoms. The van der Waals surface area contributed by atoms with E-state index in [1.807, 2.05) is 55.4 Å². The summed E-state index contributed by atoms with van der Waals surface area (Å²) in [5, 5.41) is 35.1. The predicted molar refractivity (Wildman–Crippen MR) is 423 cm³/mol. The summed E-state index contributed by atoms with van der Waals surface area (Å²) in [6, 6.07) is -14.7. The summed E-state index contributed by atoms with van der Waals surface area (Å²) in [5.74, 6) is -10.4. The van der Waals surface area contributed by atoms with Gasteiger partial charge in [-0.15, -0.1) is 0 Å². The molecule has 0 aromatic carbocycles. The molecule has 12 atom stereocenters. The van der Waals surface area contributed by atoms with Crippen LogP contribution in [0, 0.1) is 35.5 Å². The van der Waals surface area contributed by atoms with Gasteiger partial charge >= 0.3 is 0 Å². The highest BCUT2D eigenvalue weighted by Crippen LogP contribution is 2.16. The molecule has 0 aliphatic rings. The van der Waals surface area contributed by atoms with E-state index in [4.69, 9.17) is 34.4 Å². The van der Waals surface area contributed by atoms with Crippen molar-refractivity contribution in [1.82, 2.24) is 69.1 Å². The normalized spacial score (nSPS) is 14.6. The van der Waals surface area contributed by atoms with Gasteiger partial charge in [0.1, 0.15) is 72.5 Å². The summed E-state index contributed by atoms with van der Waals surface area (Å²) < 4.78 is 0. The number of rotatable bonds is 56. The molecule has 13 amide bonds. The van der Waals surface area contributed by atoms with Crippen LogP contribution in [0.15, 0.2) is 15.0 Å². The van der Waals surface area contributed by atoms with E-state index in [-0.39, 0.29) is 150 Å². The molecule has 35 nitrogen and oxygen atoms in total. The van der Waals surface area contributed by atoms with Crippen molar-refractivity contribution >= 4 is 94.7 Å². The van der Waals surface area contributed by atoms with E-state index in [9.17, 15) is 62.3 Å². The van der Waals surface area contributed by atoms with E-state index in [1.54, 1.807) is 27.7 Å². The molecule has 0 unspecified atom stereocenters. The highest BCUT2D eigenvalue weighted by Gasteiger charge is 2.37. The molecule has 624 valence electrons. The van der Waals surface area contributed by atoms with Crippen LogP contribution >= 0.6 is 0 Å². The number of carbonyl (C=O) groups excluding carboxylic acids is 13. The van der Waals surface area contributed by atoms with Crippen molar-refractivity contribution in [1.29, 1.82) is 0 Å². The van der Waals surface area contributed by atoms with Crippen LogP contribution in [0.2, 0.25) is 0 Å². The third-order valence-corrected chi connectivity index (χ3v) is 17.3. The van der Waals surface area contributed by atoms with Crippen LogP contribution in [0.5, 0.6) is 0 Å². The summed E-state index contributed by atoms with van der Waals surface area (Å²) in [5.41, 5.74) is 33.3. The molecule has 35 heteroatoms. The van der Waals surface area contributed by atoms with Crippen LogP contribution < -0.4 is 104 Å². The van der Waals surface area contributed by atoms with Crippen LogP contribution in [-0.2, 0) is 62.3 Å². The van der Waals surface area contributed by atoms with Crippen LogP contribution in [0.3, 0.4) is 0 Å². The van der Waals surface area contributed by atoms with Gasteiger partial charge in [0.05, 0.1) is 0 Å². The highest BCUT2D eigenvalue weighted by atomic mass is 16.2. The van der Waals surface area contributed by atoms with Crippen LogP contribution in [-0.4, -0.2) is 194 Å². The molecule has 0 heterocycles. The first-order valence-corrected chi connectivity index (χ1v) is 39.0. The minimum absolute atomic E-state index is 0.00609. The van der Waals surface area contributed by atoms with Gasteiger partial charge < -0.3 is 104 Å². The summed E-state index contributed by atoms with van der Waals surface area (Å²) in [6.07, 6.45) is 8.72. The van der Waals surface area contributed by atoms with Crippen molar-refractivity contribution in [2.45, 2.75) is 312 Å². The number of hydrogen-bond donors (Lipinski definition) is 19. The molecule has 0 saturated heterocycles. The van der Waals surface area contributed by atoms with Crippen LogP contribution in [0.1, 0.15) is 239 Å². The van der Waals surface area contributed by atoms with E-state index in [1.165, 1.54) is 34.2 Å². The van der Waals surface area contributed by atoms with E-state index in [0.717, 1.165) is 32.1 Å². The topological polar surface area (TPSA) is 571 Å². The molecule has 109 heavy (non-hydrogen) atoms. The van der Waals surface area contributed by atoms with Gasteiger partial charge in [-0.05, 0) is 140 Å². The van der Waals surface area contributed by atoms with Crippen molar-refractivity contribution < 1.29 is 62.3 Å². The van der Waals surface area contributed by atoms with E-state index >= 15 is 0 Å². The smallest absolute Gasteiger partial charge is 0.243 e. The summed E-state index contributed by atoms with van der Waals surface area (Å²) >= 11 is 0. The average molecular weight is 1550 g/mol. The summed E-state index contributed by atoms with van der Waals surface area (Å²) in [4.78, 5) is 194. The van der Waals surface area contributed by atoms with Gasteiger partial charge in [0.25, 0.3) is 0 Å². The lowest BCUT2D eigenvalue weighted by atomic mass is 9.99. The molecule has 0 radical (unpaired) electrons. The van der Waals surface area contributed by atoms with Crippen LogP contribution in [0.4, 0.5) is 0 Å². The number of guanidine groups is 3. The quantitative estimate of drug-likeness (QED) is 0.0219. The maximum absolute atomic E-state index is 14.5. The zero-order valence-electron chi connectivity index (χ0n) is 68.3. The molecule has 0 fully saturated rings. The van der Waals surface area contributed by atoms with E-state index in [2.05, 4.69) is 91.0 Å². The van der Waals surface area contributed by atoms with Gasteiger partial charge in [-0.25, -0.2) is 0 Å². The van der Waals surface area contributed by atoms with E-state index in [0.29, 0.717) is 19.3 Å². The second-order valence-corrected chi connectivity index (χ2v) is 30.9. The maximum Gasteiger partial charge on any atom is 0.243 e. The number of carbonyl (C=O) groups is 13. The molecule has 0 aliphatic heterocycles. The van der Waals surface area contributed by atoms with Gasteiger partial charge in [0, 0.05) is 33.1 Å². The third-order valence-electron chi connectivity index (χ3n) is 17.3. The average Bonchev–Trinajstić information content (AvgIpc) is 0.859. The predicted octanol–water partition coefficient (Wildman–Crippen LogP) is 0.188. The first-order chi connectivity index (χ1) is 51.0. The number of amides is 13. The van der Waals surface area contributed by atoms with Gasteiger partial charge in [-0.3, -0.25) is 77.3 Å². The molecule has 0 aromatic heterocycles. The zero-order chi connectivity index (χ0) is 83.2. The standard InChI is InChI=1S/C74H140N22O13/c1-18-19-20-21-22-23-24-31-59(97)88-54(36-42(4)5)67(105)85-47(14)60(98)90-51(29-26-33-83-73(77)78)65(103)93-57(39-45(10)11)70(108)96-56(38-44(8)9)69(107)87-49(16)62(100)91-52(30-27-34-84-74(79)80)66(104)94-58(40-46(12)13)71(109)95-55(37-43(6)7)68(106)86-48(15)61(99)89-50(28-25-32-82-72(75)76)64(102)92-53(35-41(2)3)63(101)81-17/h41-58H,18-40H2,1-17H3,(H,81,101)(H,85,105)(H,86,106)(H,87,107)(H,88,97)(H,89,99)(H,90,98)(H,91,100)(H,92,102)(H,93,103)(H,94,104)(H,95,109)(H,96,108)(H4,75,76,82)(H4,77,78,83)(H4,79,80,84)/t47-,48-,49-,50-,51-,52-,53-,54-,55-,56-,57-,58-/m0/s1. The first kappa shape index (κ1) is 99.9. The van der Waals surface area contributed by atoms with Gasteiger partial charge in [0.15, 0.2) is 17.9 Å². The Morgan fingerprint density at radius 2 is 0.468 bits per heavy atom. The maximum atomic E-state index is 14.5. The number of nitrogens with one attached hydrogen (secondary N) is 13. The lowest BCUT2D eigenvalue weighted by Gasteiger charge is -2.29. The number of nitrogens with zero attached hydrogens (tertiary/aromatic N) is 3. The molecule has 0 saturated carbocycles. The molecular weight excluding hydrogens is 1400 g/mol. The molecule has 0 rings (SSSR count). The SMILES string of the molecule is CCCCCCCCCC(=O)N[C@@H](CC(C)C)C(=O)N[C@@H](C)C(=O)N[C@@H](CCCN=C(N)N)C(=O)N[C@@H](CC(C)C)C(=O)N[C@@H](CC(C)C)C(=O)N[C@@H](C)C(=O)N[C@@H](CCCN=C(N)N)C(=O)N[C@@H](CC(C)C)C(=O)N[C@@H](CC(C)C)C(=O)N[C@@H](C)C(=O)N[C@@H](CCCN=C(N)N)C(=O)N[C@@H](CC(C)C)C(=O)NC. The number of nitrogens with two attached hydrogens (primary N) is 6. The number of unbranched alkanes of at least 4 members (excludes halogenated alkanes) is 6. The second kappa shape index (κ2) is 54.5. The Bertz CT molecular complexity index is 2950. The first-order valence-electron chi connectivity index (χ1n) is 39.0. The van der Waals surface area contributed by atoms with Crippen molar-refractivity contribution in [2.24, 2.45) is 84.9 Å². The molecule has 0 spiro atoms. The van der Waals surface area contributed by atoms with E-state index < -0.39 is 143 Å². The Balaban J connectivity index is 6.85. The van der Waals surface area contributed by atoms with Gasteiger partial charge in [0.2, 0.25) is 76.8 Å². The largest absolute Gasteiger partial charge is 0.370 e. The monoisotopic (exact) mass is 1550 g/mol.